The molecule has 6 heteroatoms. The zero-order chi connectivity index (χ0) is 10.7. The van der Waals surface area contributed by atoms with Crippen molar-refractivity contribution >= 4 is 11.6 Å². The summed E-state index contributed by atoms with van der Waals surface area (Å²) in [6, 6.07) is 0. The topological polar surface area (TPSA) is 42.4 Å². The van der Waals surface area contributed by atoms with Crippen LogP contribution in [0.4, 0.5) is 8.78 Å². The number of aliphatic hydroxyl groups is 1. The smallest absolute Gasteiger partial charge is 0.269 e. The third kappa shape index (κ3) is 1.93. The molecule has 0 saturated heterocycles. The van der Waals surface area contributed by atoms with Crippen LogP contribution in [0.5, 0.6) is 5.88 Å². The Morgan fingerprint density at radius 3 is 2.71 bits per heavy atom. The second kappa shape index (κ2) is 4.52. The van der Waals surface area contributed by atoms with Gasteiger partial charge in [0.05, 0.1) is 24.3 Å². The Kier molecular flexibility index (Phi) is 3.60. The van der Waals surface area contributed by atoms with Crippen LogP contribution in [-0.2, 0) is 6.61 Å². The fourth-order valence-electron chi connectivity index (χ4n) is 1.07. The van der Waals surface area contributed by atoms with E-state index in [0.717, 1.165) is 6.20 Å². The second-order valence-corrected chi connectivity index (χ2v) is 2.87. The molecule has 1 heterocycles. The number of alkyl halides is 2. The Labute approximate surface area is 84.3 Å². The number of methoxy groups -OCH3 is 1. The minimum absolute atomic E-state index is 0.00333. The number of aliphatic hydroxyl groups excluding tert-OH is 1. The van der Waals surface area contributed by atoms with Crippen LogP contribution in [0.3, 0.4) is 0 Å². The molecule has 0 saturated carbocycles. The summed E-state index contributed by atoms with van der Waals surface area (Å²) in [4.78, 5) is 3.58. The molecule has 3 nitrogen and oxygen atoms in total. The molecular weight excluding hydrogens is 216 g/mol. The van der Waals surface area contributed by atoms with Gasteiger partial charge in [0, 0.05) is 11.8 Å². The van der Waals surface area contributed by atoms with Gasteiger partial charge >= 0.3 is 0 Å². The van der Waals surface area contributed by atoms with Gasteiger partial charge < -0.3 is 9.84 Å². The van der Waals surface area contributed by atoms with Crippen molar-refractivity contribution in [1.29, 1.82) is 0 Å². The molecule has 0 amide bonds. The first-order valence-corrected chi connectivity index (χ1v) is 4.09. The zero-order valence-electron chi connectivity index (χ0n) is 7.30. The van der Waals surface area contributed by atoms with Crippen LogP contribution in [-0.4, -0.2) is 17.2 Å². The van der Waals surface area contributed by atoms with E-state index in [1.807, 2.05) is 0 Å². The SMILES string of the molecule is COc1ncc(Cl)c(CO)c1C(F)F. The lowest BCUT2D eigenvalue weighted by molar-refractivity contribution is 0.141. The Balaban J connectivity index is 3.36. The lowest BCUT2D eigenvalue weighted by atomic mass is 10.1. The number of hydrogen-bond donors (Lipinski definition) is 1. The minimum atomic E-state index is -2.78. The highest BCUT2D eigenvalue weighted by Crippen LogP contribution is 2.34. The van der Waals surface area contributed by atoms with E-state index < -0.39 is 18.6 Å². The van der Waals surface area contributed by atoms with Gasteiger partial charge in [0.2, 0.25) is 5.88 Å². The molecule has 1 N–H and O–H groups in total. The van der Waals surface area contributed by atoms with Crippen molar-refractivity contribution in [3.05, 3.63) is 22.3 Å². The largest absolute Gasteiger partial charge is 0.481 e. The van der Waals surface area contributed by atoms with Gasteiger partial charge in [-0.1, -0.05) is 11.6 Å². The predicted octanol–water partition coefficient (Wildman–Crippen LogP) is 2.17. The van der Waals surface area contributed by atoms with Gasteiger partial charge in [0.25, 0.3) is 6.43 Å². The van der Waals surface area contributed by atoms with E-state index in [1.165, 1.54) is 7.11 Å². The molecular formula is C8H8ClF2NO2. The molecule has 0 aliphatic rings. The van der Waals surface area contributed by atoms with Crippen LogP contribution in [0.25, 0.3) is 0 Å². The van der Waals surface area contributed by atoms with Crippen LogP contribution in [0.15, 0.2) is 6.20 Å². The molecule has 14 heavy (non-hydrogen) atoms. The van der Waals surface area contributed by atoms with Crippen LogP contribution in [0, 0.1) is 0 Å². The summed E-state index contributed by atoms with van der Waals surface area (Å²) in [6.45, 7) is -0.572. The maximum Gasteiger partial charge on any atom is 0.269 e. The first-order valence-electron chi connectivity index (χ1n) is 3.72. The van der Waals surface area contributed by atoms with Crippen molar-refractivity contribution in [2.45, 2.75) is 13.0 Å². The van der Waals surface area contributed by atoms with Gasteiger partial charge in [-0.3, -0.25) is 0 Å². The van der Waals surface area contributed by atoms with E-state index in [4.69, 9.17) is 16.7 Å². The average molecular weight is 224 g/mol. The molecule has 0 spiro atoms. The van der Waals surface area contributed by atoms with E-state index in [0.29, 0.717) is 0 Å². The molecule has 0 unspecified atom stereocenters. The molecule has 1 rings (SSSR count). The summed E-state index contributed by atoms with van der Waals surface area (Å²) >= 11 is 5.59. The Hall–Kier alpha value is -0.940. The van der Waals surface area contributed by atoms with Gasteiger partial charge in [-0.05, 0) is 0 Å². The van der Waals surface area contributed by atoms with E-state index in [-0.39, 0.29) is 16.5 Å². The van der Waals surface area contributed by atoms with Crippen molar-refractivity contribution in [3.63, 3.8) is 0 Å². The summed E-state index contributed by atoms with van der Waals surface area (Å²) in [5.74, 6) is -0.214. The Morgan fingerprint density at radius 2 is 2.29 bits per heavy atom. The predicted molar refractivity (Wildman–Crippen MR) is 46.7 cm³/mol. The second-order valence-electron chi connectivity index (χ2n) is 2.47. The molecule has 0 aromatic carbocycles. The third-order valence-electron chi connectivity index (χ3n) is 1.71. The first kappa shape index (κ1) is 11.1. The highest BCUT2D eigenvalue weighted by molar-refractivity contribution is 6.31. The normalized spacial score (nSPS) is 10.7. The van der Waals surface area contributed by atoms with Crippen molar-refractivity contribution < 1.29 is 18.6 Å². The standard InChI is InChI=1S/C8H8ClF2NO2/c1-14-8-6(7(10)11)4(3-13)5(9)2-12-8/h2,7,13H,3H2,1H3. The van der Waals surface area contributed by atoms with E-state index in [2.05, 4.69) is 9.72 Å². The zero-order valence-corrected chi connectivity index (χ0v) is 8.05. The number of nitrogens with zero attached hydrogens (tertiary/aromatic N) is 1. The van der Waals surface area contributed by atoms with Gasteiger partial charge in [-0.2, -0.15) is 0 Å². The molecule has 0 aliphatic carbocycles. The van der Waals surface area contributed by atoms with Crippen molar-refractivity contribution in [2.24, 2.45) is 0 Å². The molecule has 1 aromatic rings. The molecule has 0 atom stereocenters. The monoisotopic (exact) mass is 223 g/mol. The highest BCUT2D eigenvalue weighted by Gasteiger charge is 2.21. The van der Waals surface area contributed by atoms with Crippen LogP contribution in [0.2, 0.25) is 5.02 Å². The van der Waals surface area contributed by atoms with Crippen molar-refractivity contribution in [2.75, 3.05) is 7.11 Å². The summed E-state index contributed by atoms with van der Waals surface area (Å²) in [5, 5.41) is 8.87. The number of rotatable bonds is 3. The fraction of sp³-hybridized carbons (Fsp3) is 0.375. The number of aromatic nitrogens is 1. The molecule has 0 radical (unpaired) electrons. The van der Waals surface area contributed by atoms with Gasteiger partial charge in [-0.25, -0.2) is 13.8 Å². The van der Waals surface area contributed by atoms with Gasteiger partial charge in [-0.15, -0.1) is 0 Å². The molecule has 1 aromatic heterocycles. The molecule has 78 valence electrons. The number of ether oxygens (including phenoxy) is 1. The lowest BCUT2D eigenvalue weighted by Gasteiger charge is -2.11. The quantitative estimate of drug-likeness (QED) is 0.854. The number of pyridine rings is 1. The maximum absolute atomic E-state index is 12.6. The van der Waals surface area contributed by atoms with Crippen molar-refractivity contribution in [1.82, 2.24) is 4.98 Å². The van der Waals surface area contributed by atoms with E-state index in [1.54, 1.807) is 0 Å². The molecule has 0 fully saturated rings. The van der Waals surface area contributed by atoms with Crippen LogP contribution in [0.1, 0.15) is 17.6 Å². The average Bonchev–Trinajstić information content (AvgIpc) is 2.17. The summed E-state index contributed by atoms with van der Waals surface area (Å²) in [5.41, 5.74) is -0.504. The number of hydrogen-bond acceptors (Lipinski definition) is 3. The summed E-state index contributed by atoms with van der Waals surface area (Å²) in [7, 11) is 1.23. The van der Waals surface area contributed by atoms with Crippen LogP contribution >= 0.6 is 11.6 Å². The minimum Gasteiger partial charge on any atom is -0.481 e. The fourth-order valence-corrected chi connectivity index (χ4v) is 1.28. The van der Waals surface area contributed by atoms with Crippen LogP contribution < -0.4 is 4.74 Å². The lowest BCUT2D eigenvalue weighted by Crippen LogP contribution is -2.02. The summed E-state index contributed by atoms with van der Waals surface area (Å²) < 4.78 is 29.7. The third-order valence-corrected chi connectivity index (χ3v) is 2.03. The van der Waals surface area contributed by atoms with Gasteiger partial charge in [0.15, 0.2) is 0 Å². The number of halogens is 3. The molecule has 0 bridgehead atoms. The van der Waals surface area contributed by atoms with Gasteiger partial charge in [0.1, 0.15) is 0 Å². The molecule has 0 aliphatic heterocycles. The Morgan fingerprint density at radius 1 is 1.64 bits per heavy atom. The summed E-state index contributed by atoms with van der Waals surface area (Å²) in [6.07, 6.45) is -1.61. The van der Waals surface area contributed by atoms with Crippen molar-refractivity contribution in [3.8, 4) is 5.88 Å². The van der Waals surface area contributed by atoms with E-state index in [9.17, 15) is 8.78 Å². The maximum atomic E-state index is 12.6. The first-order chi connectivity index (χ1) is 6.61. The highest BCUT2D eigenvalue weighted by atomic mass is 35.5. The van der Waals surface area contributed by atoms with E-state index >= 15 is 0 Å². The Bertz CT molecular complexity index is 333.